The minimum atomic E-state index is -0.890. The molecule has 0 atom stereocenters. The van der Waals surface area contributed by atoms with Gasteiger partial charge in [-0.2, -0.15) is 5.26 Å². The van der Waals surface area contributed by atoms with Crippen molar-refractivity contribution in [3.05, 3.63) is 29.6 Å². The fourth-order valence-electron chi connectivity index (χ4n) is 1.70. The van der Waals surface area contributed by atoms with E-state index in [0.29, 0.717) is 12.8 Å². The molecule has 0 aliphatic carbocycles. The molecule has 1 N–H and O–H groups in total. The molecular formula is C14H17FN2O2. The van der Waals surface area contributed by atoms with Gasteiger partial charge in [0.2, 0.25) is 0 Å². The molecule has 4 nitrogen and oxygen atoms in total. The standard InChI is InChI=1S/C14H17FN2O2/c1-4-14(5-2,9-16)17-13(18)10-6-7-11(15)12(8-10)19-3/h6-8H,4-5H2,1-3H3,(H,17,18). The summed E-state index contributed by atoms with van der Waals surface area (Å²) >= 11 is 0. The number of carbonyl (C=O) groups excluding carboxylic acids is 1. The smallest absolute Gasteiger partial charge is 0.252 e. The molecule has 5 heteroatoms. The lowest BCUT2D eigenvalue weighted by Gasteiger charge is -2.25. The quantitative estimate of drug-likeness (QED) is 0.889. The van der Waals surface area contributed by atoms with Crippen LogP contribution in [-0.4, -0.2) is 18.6 Å². The average Bonchev–Trinajstić information content (AvgIpc) is 2.45. The molecule has 0 bridgehead atoms. The summed E-state index contributed by atoms with van der Waals surface area (Å²) in [5.74, 6) is -0.941. The van der Waals surface area contributed by atoms with Gasteiger partial charge in [0.15, 0.2) is 11.6 Å². The van der Waals surface area contributed by atoms with Gasteiger partial charge in [-0.1, -0.05) is 13.8 Å². The fraction of sp³-hybridized carbons (Fsp3) is 0.429. The molecule has 0 unspecified atom stereocenters. The topological polar surface area (TPSA) is 62.1 Å². The van der Waals surface area contributed by atoms with E-state index in [9.17, 15) is 9.18 Å². The summed E-state index contributed by atoms with van der Waals surface area (Å²) < 4.78 is 18.1. The highest BCUT2D eigenvalue weighted by Crippen LogP contribution is 2.20. The van der Waals surface area contributed by atoms with Crippen molar-refractivity contribution in [3.63, 3.8) is 0 Å². The van der Waals surface area contributed by atoms with Crippen LogP contribution < -0.4 is 10.1 Å². The third-order valence-electron chi connectivity index (χ3n) is 3.19. The second kappa shape index (κ2) is 6.19. The van der Waals surface area contributed by atoms with E-state index in [4.69, 9.17) is 10.00 Å². The summed E-state index contributed by atoms with van der Waals surface area (Å²) in [6, 6.07) is 5.96. The van der Waals surface area contributed by atoms with Crippen molar-refractivity contribution in [2.75, 3.05) is 7.11 Å². The van der Waals surface area contributed by atoms with Crippen molar-refractivity contribution in [3.8, 4) is 11.8 Å². The summed E-state index contributed by atoms with van der Waals surface area (Å²) in [5, 5.41) is 11.9. The SMILES string of the molecule is CCC(C#N)(CC)NC(=O)c1ccc(F)c(OC)c1. The first-order valence-corrected chi connectivity index (χ1v) is 6.09. The fourth-order valence-corrected chi connectivity index (χ4v) is 1.70. The summed E-state index contributed by atoms with van der Waals surface area (Å²) in [7, 11) is 1.33. The molecule has 0 radical (unpaired) electrons. The van der Waals surface area contributed by atoms with Gasteiger partial charge in [-0.05, 0) is 31.0 Å². The van der Waals surface area contributed by atoms with Gasteiger partial charge >= 0.3 is 0 Å². The number of rotatable bonds is 5. The highest BCUT2D eigenvalue weighted by molar-refractivity contribution is 5.95. The van der Waals surface area contributed by atoms with Crippen molar-refractivity contribution in [1.82, 2.24) is 5.32 Å². The van der Waals surface area contributed by atoms with Gasteiger partial charge in [-0.15, -0.1) is 0 Å². The number of hydrogen-bond donors (Lipinski definition) is 1. The largest absolute Gasteiger partial charge is 0.494 e. The predicted octanol–water partition coefficient (Wildman–Crippen LogP) is 2.65. The minimum absolute atomic E-state index is 0.00297. The molecule has 1 aromatic carbocycles. The number of halogens is 1. The van der Waals surface area contributed by atoms with E-state index in [1.807, 2.05) is 13.8 Å². The summed E-state index contributed by atoms with van der Waals surface area (Å²) in [6.07, 6.45) is 1.01. The first-order valence-electron chi connectivity index (χ1n) is 6.09. The van der Waals surface area contributed by atoms with Gasteiger partial charge in [0.25, 0.3) is 5.91 Å². The Bertz CT molecular complexity index is 505. The monoisotopic (exact) mass is 264 g/mol. The lowest BCUT2D eigenvalue weighted by Crippen LogP contribution is -2.46. The van der Waals surface area contributed by atoms with Crippen LogP contribution >= 0.6 is 0 Å². The van der Waals surface area contributed by atoms with Gasteiger partial charge < -0.3 is 10.1 Å². The molecule has 0 aromatic heterocycles. The molecule has 0 aliphatic rings. The summed E-state index contributed by atoms with van der Waals surface area (Å²) in [5.41, 5.74) is -0.626. The Morgan fingerprint density at radius 1 is 1.47 bits per heavy atom. The Hall–Kier alpha value is -2.09. The zero-order valence-corrected chi connectivity index (χ0v) is 11.3. The Labute approximate surface area is 112 Å². The van der Waals surface area contributed by atoms with E-state index < -0.39 is 17.3 Å². The highest BCUT2D eigenvalue weighted by Gasteiger charge is 2.28. The van der Waals surface area contributed by atoms with Gasteiger partial charge in [-0.25, -0.2) is 4.39 Å². The average molecular weight is 264 g/mol. The van der Waals surface area contributed by atoms with Gasteiger partial charge in [-0.3, -0.25) is 4.79 Å². The van der Waals surface area contributed by atoms with E-state index in [-0.39, 0.29) is 11.3 Å². The van der Waals surface area contributed by atoms with Gasteiger partial charge in [0, 0.05) is 5.56 Å². The molecule has 0 saturated heterocycles. The molecule has 1 rings (SSSR count). The number of benzene rings is 1. The minimum Gasteiger partial charge on any atom is -0.494 e. The van der Waals surface area contributed by atoms with E-state index in [2.05, 4.69) is 11.4 Å². The summed E-state index contributed by atoms with van der Waals surface area (Å²) in [6.45, 7) is 3.66. The zero-order valence-electron chi connectivity index (χ0n) is 11.3. The van der Waals surface area contributed by atoms with E-state index >= 15 is 0 Å². The van der Waals surface area contributed by atoms with Crippen LogP contribution in [0.25, 0.3) is 0 Å². The molecule has 0 spiro atoms. The maximum atomic E-state index is 13.3. The van der Waals surface area contributed by atoms with Crippen LogP contribution in [0.2, 0.25) is 0 Å². The lowest BCUT2D eigenvalue weighted by molar-refractivity contribution is 0.0915. The van der Waals surface area contributed by atoms with Crippen molar-refractivity contribution in [2.45, 2.75) is 32.2 Å². The normalized spacial score (nSPS) is 10.7. The molecule has 0 aliphatic heterocycles. The van der Waals surface area contributed by atoms with Crippen molar-refractivity contribution in [2.24, 2.45) is 0 Å². The maximum absolute atomic E-state index is 13.3. The molecule has 0 fully saturated rings. The van der Waals surface area contributed by atoms with Crippen LogP contribution in [0.4, 0.5) is 4.39 Å². The molecule has 1 amide bonds. The number of nitrogens with zero attached hydrogens (tertiary/aromatic N) is 1. The first-order chi connectivity index (χ1) is 9.01. The molecule has 102 valence electrons. The molecule has 0 saturated carbocycles. The number of methoxy groups -OCH3 is 1. The van der Waals surface area contributed by atoms with Crippen molar-refractivity contribution >= 4 is 5.91 Å². The summed E-state index contributed by atoms with van der Waals surface area (Å²) in [4.78, 5) is 12.1. The molecular weight excluding hydrogens is 247 g/mol. The lowest BCUT2D eigenvalue weighted by atomic mass is 9.94. The van der Waals surface area contributed by atoms with Crippen LogP contribution in [-0.2, 0) is 0 Å². The third-order valence-corrected chi connectivity index (χ3v) is 3.19. The zero-order chi connectivity index (χ0) is 14.5. The van der Waals surface area contributed by atoms with Crippen molar-refractivity contribution < 1.29 is 13.9 Å². The Morgan fingerprint density at radius 3 is 2.58 bits per heavy atom. The number of hydrogen-bond acceptors (Lipinski definition) is 3. The van der Waals surface area contributed by atoms with Crippen LogP contribution in [0.15, 0.2) is 18.2 Å². The van der Waals surface area contributed by atoms with Gasteiger partial charge in [0.1, 0.15) is 5.54 Å². The van der Waals surface area contributed by atoms with E-state index in [1.54, 1.807) is 0 Å². The van der Waals surface area contributed by atoms with Crippen LogP contribution in [0.5, 0.6) is 5.75 Å². The maximum Gasteiger partial charge on any atom is 0.252 e. The number of ether oxygens (including phenoxy) is 1. The molecule has 1 aromatic rings. The van der Waals surface area contributed by atoms with Crippen LogP contribution in [0, 0.1) is 17.1 Å². The Kier molecular flexibility index (Phi) is 4.87. The number of nitriles is 1. The number of nitrogens with one attached hydrogen (secondary N) is 1. The first kappa shape index (κ1) is 15.0. The second-order valence-corrected chi connectivity index (χ2v) is 4.20. The van der Waals surface area contributed by atoms with Gasteiger partial charge in [0.05, 0.1) is 13.2 Å². The Balaban J connectivity index is 2.99. The van der Waals surface area contributed by atoms with Crippen LogP contribution in [0.3, 0.4) is 0 Å². The molecule has 0 heterocycles. The Morgan fingerprint density at radius 2 is 2.11 bits per heavy atom. The number of carbonyl (C=O) groups is 1. The molecule has 19 heavy (non-hydrogen) atoms. The third kappa shape index (κ3) is 3.22. The predicted molar refractivity (Wildman–Crippen MR) is 69.3 cm³/mol. The van der Waals surface area contributed by atoms with Crippen LogP contribution in [0.1, 0.15) is 37.0 Å². The second-order valence-electron chi connectivity index (χ2n) is 4.20. The van der Waals surface area contributed by atoms with E-state index in [1.165, 1.54) is 25.3 Å². The number of amides is 1. The van der Waals surface area contributed by atoms with Crippen molar-refractivity contribution in [1.29, 1.82) is 5.26 Å². The van der Waals surface area contributed by atoms with E-state index in [0.717, 1.165) is 0 Å². The highest BCUT2D eigenvalue weighted by atomic mass is 19.1.